The Morgan fingerprint density at radius 2 is 2.18 bits per heavy atom. The minimum Gasteiger partial charge on any atom is -0.383 e. The highest BCUT2D eigenvalue weighted by atomic mass is 16.5. The smallest absolute Gasteiger partial charge is 0.209 e. The van der Waals surface area contributed by atoms with Gasteiger partial charge in [0.1, 0.15) is 0 Å². The van der Waals surface area contributed by atoms with Gasteiger partial charge in [0.05, 0.1) is 19.3 Å². The quantitative estimate of drug-likeness (QED) is 0.284. The number of hydrogen-bond donors (Lipinski definition) is 2. The number of nitrogens with two attached hydrogens (primary N) is 1. The van der Waals surface area contributed by atoms with Crippen LogP contribution in [0.4, 0.5) is 0 Å². The van der Waals surface area contributed by atoms with E-state index in [9.17, 15) is 0 Å². The van der Waals surface area contributed by atoms with Crippen molar-refractivity contribution in [3.8, 4) is 0 Å². The highest BCUT2D eigenvalue weighted by Crippen LogP contribution is 2.26. The molecule has 3 N–H and O–H groups in total. The van der Waals surface area contributed by atoms with Gasteiger partial charge in [-0.1, -0.05) is 0 Å². The number of nitrogens with zero attached hydrogens (tertiary/aromatic N) is 2. The van der Waals surface area contributed by atoms with Crippen LogP contribution in [0.25, 0.3) is 0 Å². The molecule has 0 spiro atoms. The van der Waals surface area contributed by atoms with Crippen molar-refractivity contribution in [3.63, 3.8) is 0 Å². The molecule has 0 radical (unpaired) electrons. The molecule has 1 saturated carbocycles. The fourth-order valence-electron chi connectivity index (χ4n) is 1.72. The van der Waals surface area contributed by atoms with Crippen LogP contribution in [0.1, 0.15) is 19.8 Å². The van der Waals surface area contributed by atoms with Gasteiger partial charge >= 0.3 is 0 Å². The molecule has 0 aromatic rings. The summed E-state index contributed by atoms with van der Waals surface area (Å²) in [6.45, 7) is 4.08. The summed E-state index contributed by atoms with van der Waals surface area (Å²) in [5, 5.41) is 0. The Kier molecular flexibility index (Phi) is 6.25. The summed E-state index contributed by atoms with van der Waals surface area (Å²) >= 11 is 0. The lowest BCUT2D eigenvalue weighted by molar-refractivity contribution is 0.170. The molecule has 100 valence electrons. The Balaban J connectivity index is 2.59. The Morgan fingerprint density at radius 3 is 2.65 bits per heavy atom. The molecule has 6 nitrogen and oxygen atoms in total. The monoisotopic (exact) mass is 244 g/mol. The van der Waals surface area contributed by atoms with Crippen LogP contribution in [0.5, 0.6) is 0 Å². The summed E-state index contributed by atoms with van der Waals surface area (Å²) in [7, 11) is 3.37. The highest BCUT2D eigenvalue weighted by Gasteiger charge is 2.31. The van der Waals surface area contributed by atoms with Crippen LogP contribution in [-0.4, -0.2) is 56.9 Å². The van der Waals surface area contributed by atoms with Gasteiger partial charge in [-0.25, -0.2) is 10.8 Å². The van der Waals surface area contributed by atoms with Gasteiger partial charge in [0.25, 0.3) is 0 Å². The summed E-state index contributed by atoms with van der Waals surface area (Å²) in [5.41, 5.74) is 2.69. The van der Waals surface area contributed by atoms with Gasteiger partial charge < -0.3 is 14.4 Å². The summed E-state index contributed by atoms with van der Waals surface area (Å²) in [4.78, 5) is 6.70. The first kappa shape index (κ1) is 14.2. The van der Waals surface area contributed by atoms with Gasteiger partial charge in [-0.2, -0.15) is 0 Å². The molecule has 1 aliphatic carbocycles. The zero-order valence-electron chi connectivity index (χ0n) is 11.0. The largest absolute Gasteiger partial charge is 0.383 e. The normalized spacial score (nSPS) is 18.0. The van der Waals surface area contributed by atoms with Crippen molar-refractivity contribution >= 4 is 5.96 Å². The molecule has 1 unspecified atom stereocenters. The molecule has 0 aromatic heterocycles. The molecule has 1 rings (SSSR count). The maximum Gasteiger partial charge on any atom is 0.209 e. The van der Waals surface area contributed by atoms with Crippen LogP contribution < -0.4 is 11.3 Å². The lowest BCUT2D eigenvalue weighted by Crippen LogP contribution is -2.48. The number of hydrazine groups is 1. The SMILES string of the molecule is COCCN(C(=NC(C)COC)NN)C1CC1. The summed E-state index contributed by atoms with van der Waals surface area (Å²) < 4.78 is 10.2. The Labute approximate surface area is 103 Å². The minimum absolute atomic E-state index is 0.0924. The molecule has 0 aromatic carbocycles. The summed E-state index contributed by atoms with van der Waals surface area (Å²) in [6, 6.07) is 0.643. The van der Waals surface area contributed by atoms with Crippen molar-refractivity contribution in [3.05, 3.63) is 0 Å². The van der Waals surface area contributed by atoms with E-state index in [0.29, 0.717) is 19.3 Å². The molecule has 0 aliphatic heterocycles. The maximum absolute atomic E-state index is 5.55. The lowest BCUT2D eigenvalue weighted by atomic mass is 10.4. The van der Waals surface area contributed by atoms with E-state index in [4.69, 9.17) is 15.3 Å². The van der Waals surface area contributed by atoms with Gasteiger partial charge in [-0.3, -0.25) is 5.43 Å². The second-order valence-electron chi connectivity index (χ2n) is 4.32. The Bertz CT molecular complexity index is 244. The van der Waals surface area contributed by atoms with Crippen LogP contribution in [0.3, 0.4) is 0 Å². The van der Waals surface area contributed by atoms with Crippen LogP contribution in [0.15, 0.2) is 4.99 Å². The first-order valence-corrected chi connectivity index (χ1v) is 6.01. The van der Waals surface area contributed by atoms with E-state index in [-0.39, 0.29) is 6.04 Å². The van der Waals surface area contributed by atoms with E-state index in [1.54, 1.807) is 14.2 Å². The molecule has 1 aliphatic rings. The van der Waals surface area contributed by atoms with Gasteiger partial charge in [0, 0.05) is 26.8 Å². The Morgan fingerprint density at radius 1 is 1.47 bits per heavy atom. The maximum atomic E-state index is 5.55. The third-order valence-corrected chi connectivity index (χ3v) is 2.68. The van der Waals surface area contributed by atoms with Crippen LogP contribution >= 0.6 is 0 Å². The van der Waals surface area contributed by atoms with Crippen molar-refractivity contribution in [2.45, 2.75) is 31.8 Å². The molecule has 0 bridgehead atoms. The molecular formula is C11H24N4O2. The molecular weight excluding hydrogens is 220 g/mol. The number of hydrogen-bond acceptors (Lipinski definition) is 4. The zero-order chi connectivity index (χ0) is 12.7. The second-order valence-corrected chi connectivity index (χ2v) is 4.32. The molecule has 1 atom stereocenters. The van der Waals surface area contributed by atoms with E-state index >= 15 is 0 Å². The van der Waals surface area contributed by atoms with Crippen molar-refractivity contribution in [1.82, 2.24) is 10.3 Å². The zero-order valence-corrected chi connectivity index (χ0v) is 11.0. The van der Waals surface area contributed by atoms with Gasteiger partial charge in [-0.05, 0) is 19.8 Å². The average Bonchev–Trinajstić information content (AvgIpc) is 3.12. The topological polar surface area (TPSA) is 72.1 Å². The number of aliphatic imine (C=N–C) groups is 1. The fraction of sp³-hybridized carbons (Fsp3) is 0.909. The lowest BCUT2D eigenvalue weighted by Gasteiger charge is -2.26. The molecule has 0 amide bonds. The highest BCUT2D eigenvalue weighted by molar-refractivity contribution is 5.80. The van der Waals surface area contributed by atoms with Crippen molar-refractivity contribution < 1.29 is 9.47 Å². The van der Waals surface area contributed by atoms with Crippen molar-refractivity contribution in [2.75, 3.05) is 34.0 Å². The van der Waals surface area contributed by atoms with Crippen molar-refractivity contribution in [2.24, 2.45) is 10.8 Å². The third-order valence-electron chi connectivity index (χ3n) is 2.68. The van der Waals surface area contributed by atoms with E-state index in [1.807, 2.05) is 6.92 Å². The molecule has 6 heteroatoms. The minimum atomic E-state index is 0.0924. The fourth-order valence-corrected chi connectivity index (χ4v) is 1.72. The summed E-state index contributed by atoms with van der Waals surface area (Å²) in [6.07, 6.45) is 2.39. The van der Waals surface area contributed by atoms with E-state index in [2.05, 4.69) is 15.3 Å². The van der Waals surface area contributed by atoms with Crippen LogP contribution in [0.2, 0.25) is 0 Å². The average molecular weight is 244 g/mol. The molecule has 0 heterocycles. The Hall–Kier alpha value is -0.850. The first-order valence-electron chi connectivity index (χ1n) is 6.01. The van der Waals surface area contributed by atoms with Crippen LogP contribution in [0, 0.1) is 0 Å². The predicted molar refractivity (Wildman–Crippen MR) is 67.7 cm³/mol. The predicted octanol–water partition coefficient (Wildman–Crippen LogP) is -0.0486. The van der Waals surface area contributed by atoms with Crippen LogP contribution in [-0.2, 0) is 9.47 Å². The van der Waals surface area contributed by atoms with Crippen molar-refractivity contribution in [1.29, 1.82) is 0 Å². The molecule has 0 saturated heterocycles. The van der Waals surface area contributed by atoms with Gasteiger partial charge in [0.15, 0.2) is 0 Å². The molecule has 17 heavy (non-hydrogen) atoms. The number of guanidine groups is 1. The van der Waals surface area contributed by atoms with E-state index in [1.165, 1.54) is 12.8 Å². The molecule has 1 fully saturated rings. The third kappa shape index (κ3) is 4.89. The first-order chi connectivity index (χ1) is 8.22. The number of nitrogens with one attached hydrogen (secondary N) is 1. The summed E-state index contributed by atoms with van der Waals surface area (Å²) in [5.74, 6) is 6.28. The number of rotatable bonds is 7. The standard InChI is InChI=1S/C11H24N4O2/c1-9(8-17-3)13-11(14-12)15(6-7-16-2)10-4-5-10/h9-10H,4-8,12H2,1-3H3,(H,13,14). The second kappa shape index (κ2) is 7.47. The number of methoxy groups -OCH3 is 2. The van der Waals surface area contributed by atoms with Gasteiger partial charge in [0.2, 0.25) is 5.96 Å². The van der Waals surface area contributed by atoms with E-state index < -0.39 is 0 Å². The van der Waals surface area contributed by atoms with E-state index in [0.717, 1.165) is 12.5 Å². The number of ether oxygens (including phenoxy) is 2. The van der Waals surface area contributed by atoms with Gasteiger partial charge in [-0.15, -0.1) is 0 Å².